The molecule has 1 fully saturated rings. The average molecular weight is 493 g/mol. The van der Waals surface area contributed by atoms with Crippen LogP contribution in [0.2, 0.25) is 0 Å². The van der Waals surface area contributed by atoms with Crippen LogP contribution in [0.4, 0.5) is 0 Å². The van der Waals surface area contributed by atoms with Crippen molar-refractivity contribution in [2.45, 2.75) is 66.8 Å². The maximum atomic E-state index is 12.5. The predicted octanol–water partition coefficient (Wildman–Crippen LogP) is -1.01. The van der Waals surface area contributed by atoms with Crippen molar-refractivity contribution in [3.8, 4) is 0 Å². The van der Waals surface area contributed by atoms with E-state index < -0.39 is 68.1 Å². The molecule has 0 spiro atoms. The summed E-state index contributed by atoms with van der Waals surface area (Å²) >= 11 is 16.5. The number of ether oxygens (including phenoxy) is 2. The van der Waals surface area contributed by atoms with Gasteiger partial charge in [0.1, 0.15) is 6.10 Å². The largest absolute Gasteiger partial charge is 0.444 e. The van der Waals surface area contributed by atoms with Crippen molar-refractivity contribution in [3.05, 3.63) is 0 Å². The van der Waals surface area contributed by atoms with Gasteiger partial charge < -0.3 is 29.9 Å². The molecule has 0 radical (unpaired) electrons. The molecule has 0 amide bonds. The highest BCUT2D eigenvalue weighted by Gasteiger charge is 2.80. The summed E-state index contributed by atoms with van der Waals surface area (Å²) in [6.07, 6.45) is -7.04. The minimum absolute atomic E-state index is 0.606. The lowest BCUT2D eigenvalue weighted by Gasteiger charge is -2.56. The molecule has 0 aromatic carbocycles. The Balaban J connectivity index is 3.94. The molecule has 0 aromatic heterocycles. The summed E-state index contributed by atoms with van der Waals surface area (Å²) < 4.78 is 7.33. The molecule has 1 aliphatic heterocycles. The van der Waals surface area contributed by atoms with Gasteiger partial charge in [-0.15, -0.1) is 0 Å². The molecule has 6 atom stereocenters. The maximum absolute atomic E-state index is 12.5. The molecule has 11 nitrogen and oxygen atoms in total. The maximum Gasteiger partial charge on any atom is 0.265 e. The van der Waals surface area contributed by atoms with Crippen LogP contribution in [-0.4, -0.2) is 88.6 Å². The first-order valence-electron chi connectivity index (χ1n) is 8.21. The van der Waals surface area contributed by atoms with Gasteiger partial charge in [-0.3, -0.25) is 24.6 Å². The molecule has 0 aromatic rings. The van der Waals surface area contributed by atoms with Crippen molar-refractivity contribution >= 4 is 63.8 Å². The molecule has 1 saturated heterocycles. The zero-order valence-corrected chi connectivity index (χ0v) is 18.4. The van der Waals surface area contributed by atoms with E-state index in [1.165, 1.54) is 0 Å². The van der Waals surface area contributed by atoms with E-state index in [0.29, 0.717) is 20.8 Å². The summed E-state index contributed by atoms with van der Waals surface area (Å²) in [6.45, 7) is 2.81. The fraction of sp³-hybridized carbons (Fsp3) is 0.688. The number of rotatable bonds is 6. The van der Waals surface area contributed by atoms with E-state index in [9.17, 15) is 39.6 Å². The Morgan fingerprint density at radius 3 is 1.73 bits per heavy atom. The number of Topliss-reactive ketones (excluding diaryl/α,β-unsaturated/α-hetero) is 4. The number of carbonyl (C=O) groups excluding carboxylic acids is 4. The summed E-state index contributed by atoms with van der Waals surface area (Å²) in [4.78, 5) is 49.6. The number of hydrogen-bond acceptors (Lipinski definition) is 11. The topological polar surface area (TPSA) is 192 Å². The third-order valence-corrected chi connectivity index (χ3v) is 5.33. The fourth-order valence-corrected chi connectivity index (χ4v) is 3.28. The molecular formula is C16H20Cl3NO10. The second kappa shape index (κ2) is 8.40. The summed E-state index contributed by atoms with van der Waals surface area (Å²) in [5.74, 6) is -7.16. The SMILES string of the molecule is CC(=O)[C@]1(O)[C@@](O)(C(C)=O)[C@@H](C(=O)C(C)O)O[C@@H](OC(=N)C(Cl)(Cl)Cl)[C@@]1(O)C(C)=O. The van der Waals surface area contributed by atoms with E-state index in [-0.39, 0.29) is 0 Å². The van der Waals surface area contributed by atoms with Gasteiger partial charge in [-0.05, 0) is 27.7 Å². The van der Waals surface area contributed by atoms with Gasteiger partial charge in [-0.2, -0.15) is 0 Å². The van der Waals surface area contributed by atoms with E-state index in [1.54, 1.807) is 0 Å². The minimum atomic E-state index is -3.73. The van der Waals surface area contributed by atoms with Crippen LogP contribution in [0.5, 0.6) is 0 Å². The number of nitrogens with one attached hydrogen (secondary N) is 1. The number of aliphatic hydroxyl groups excluding tert-OH is 1. The van der Waals surface area contributed by atoms with Gasteiger partial charge in [0.15, 0.2) is 34.8 Å². The van der Waals surface area contributed by atoms with Crippen LogP contribution < -0.4 is 0 Å². The van der Waals surface area contributed by atoms with Gasteiger partial charge in [0.25, 0.3) is 3.79 Å². The predicted molar refractivity (Wildman–Crippen MR) is 101 cm³/mol. The fourth-order valence-electron chi connectivity index (χ4n) is 3.15. The standard InChI is InChI=1S/C16H20Cl3NO10/c1-5(21)9(25)10-13(26,6(2)22)15(28,8(4)24)14(27,7(3)23)12(29-10)30-11(20)16(17,18)19/h5,10,12,20-21,26-28H,1-4H3/t5?,10-,12+,13-,14+,15+/m1/s1. The van der Waals surface area contributed by atoms with Crippen molar-refractivity contribution in [2.75, 3.05) is 0 Å². The molecule has 1 heterocycles. The highest BCUT2D eigenvalue weighted by molar-refractivity contribution is 6.76. The molecule has 1 aliphatic rings. The van der Waals surface area contributed by atoms with Crippen molar-refractivity contribution in [3.63, 3.8) is 0 Å². The number of alkyl halides is 3. The molecule has 1 unspecified atom stereocenters. The van der Waals surface area contributed by atoms with Crippen LogP contribution in [0.15, 0.2) is 0 Å². The van der Waals surface area contributed by atoms with Crippen molar-refractivity contribution in [1.29, 1.82) is 5.41 Å². The third-order valence-electron chi connectivity index (χ3n) is 4.82. The van der Waals surface area contributed by atoms with E-state index in [1.807, 2.05) is 0 Å². The first-order valence-corrected chi connectivity index (χ1v) is 9.34. The van der Waals surface area contributed by atoms with Gasteiger partial charge in [0, 0.05) is 0 Å². The average Bonchev–Trinajstić information content (AvgIpc) is 2.59. The number of aliphatic hydroxyl groups is 4. The van der Waals surface area contributed by atoms with Gasteiger partial charge >= 0.3 is 0 Å². The quantitative estimate of drug-likeness (QED) is 0.174. The van der Waals surface area contributed by atoms with Crippen LogP contribution >= 0.6 is 34.8 Å². The van der Waals surface area contributed by atoms with E-state index in [2.05, 4.69) is 0 Å². The minimum Gasteiger partial charge on any atom is -0.444 e. The lowest BCUT2D eigenvalue weighted by atomic mass is 9.60. The van der Waals surface area contributed by atoms with Gasteiger partial charge in [0.2, 0.25) is 23.4 Å². The van der Waals surface area contributed by atoms with E-state index in [0.717, 1.165) is 6.92 Å². The van der Waals surface area contributed by atoms with Gasteiger partial charge in [-0.1, -0.05) is 34.8 Å². The second-order valence-electron chi connectivity index (χ2n) is 6.78. The zero-order chi connectivity index (χ0) is 24.0. The third kappa shape index (κ3) is 3.78. The molecule has 14 heteroatoms. The molecular weight excluding hydrogens is 473 g/mol. The summed E-state index contributed by atoms with van der Waals surface area (Å²) in [5, 5.41) is 50.5. The van der Waals surface area contributed by atoms with Crippen LogP contribution in [0.1, 0.15) is 27.7 Å². The van der Waals surface area contributed by atoms with Gasteiger partial charge in [-0.25, -0.2) is 0 Å². The highest BCUT2D eigenvalue weighted by Crippen LogP contribution is 2.48. The zero-order valence-electron chi connectivity index (χ0n) is 16.1. The Morgan fingerprint density at radius 2 is 1.43 bits per heavy atom. The van der Waals surface area contributed by atoms with E-state index in [4.69, 9.17) is 49.7 Å². The van der Waals surface area contributed by atoms with Crippen molar-refractivity contribution in [1.82, 2.24) is 0 Å². The Labute approximate surface area is 185 Å². The Hall–Kier alpha value is -1.18. The highest BCUT2D eigenvalue weighted by atomic mass is 35.6. The lowest BCUT2D eigenvalue weighted by Crippen LogP contribution is -2.87. The normalized spacial score (nSPS) is 35.3. The molecule has 5 N–H and O–H groups in total. The monoisotopic (exact) mass is 491 g/mol. The van der Waals surface area contributed by atoms with Crippen LogP contribution in [-0.2, 0) is 28.7 Å². The number of ketones is 4. The smallest absolute Gasteiger partial charge is 0.265 e. The molecule has 1 rings (SSSR count). The first kappa shape index (κ1) is 26.9. The van der Waals surface area contributed by atoms with Gasteiger partial charge in [0.05, 0.1) is 0 Å². The van der Waals surface area contributed by atoms with Crippen LogP contribution in [0.3, 0.4) is 0 Å². The molecule has 170 valence electrons. The Morgan fingerprint density at radius 1 is 1.00 bits per heavy atom. The first-order chi connectivity index (χ1) is 13.3. The van der Waals surface area contributed by atoms with Crippen LogP contribution in [0.25, 0.3) is 0 Å². The molecule has 0 saturated carbocycles. The van der Waals surface area contributed by atoms with Crippen molar-refractivity contribution in [2.24, 2.45) is 0 Å². The lowest BCUT2D eigenvalue weighted by molar-refractivity contribution is -0.347. The van der Waals surface area contributed by atoms with Crippen molar-refractivity contribution < 1.29 is 49.1 Å². The number of carbonyl (C=O) groups is 4. The van der Waals surface area contributed by atoms with E-state index >= 15 is 0 Å². The molecule has 30 heavy (non-hydrogen) atoms. The Bertz CT molecular complexity index is 797. The second-order valence-corrected chi connectivity index (χ2v) is 9.06. The molecule has 0 aliphatic carbocycles. The van der Waals surface area contributed by atoms with Crippen LogP contribution in [0, 0.1) is 5.41 Å². The number of hydrogen-bond donors (Lipinski definition) is 5. The summed E-state index contributed by atoms with van der Waals surface area (Å²) in [7, 11) is 0. The summed E-state index contributed by atoms with van der Waals surface area (Å²) in [5.41, 5.74) is -10.8. The summed E-state index contributed by atoms with van der Waals surface area (Å²) in [6, 6.07) is 0. The molecule has 0 bridgehead atoms. The Kier molecular flexibility index (Phi) is 7.52. The number of halogens is 3.